The molecule has 0 radical (unpaired) electrons. The van der Waals surface area contributed by atoms with Gasteiger partial charge in [0.1, 0.15) is 5.75 Å². The normalized spacial score (nSPS) is 15.0. The molecule has 0 aromatic heterocycles. The third-order valence-corrected chi connectivity index (χ3v) is 4.28. The second kappa shape index (κ2) is 7.82. The molecule has 1 aliphatic rings. The molecule has 1 aliphatic heterocycles. The summed E-state index contributed by atoms with van der Waals surface area (Å²) in [5, 5.41) is 0. The van der Waals surface area contributed by atoms with Crippen molar-refractivity contribution < 1.29 is 9.53 Å². The number of carbonyl (C=O) groups excluding carboxylic acids is 1. The molecule has 1 heterocycles. The van der Waals surface area contributed by atoms with Crippen molar-refractivity contribution in [3.8, 4) is 16.9 Å². The highest BCUT2D eigenvalue weighted by molar-refractivity contribution is 5.77. The topological polar surface area (TPSA) is 29.5 Å². The highest BCUT2D eigenvalue weighted by Crippen LogP contribution is 2.22. The molecule has 0 N–H and O–H groups in total. The van der Waals surface area contributed by atoms with Crippen LogP contribution in [0.4, 0.5) is 0 Å². The van der Waals surface area contributed by atoms with Crippen LogP contribution in [0.2, 0.25) is 0 Å². The smallest absolute Gasteiger partial charge is 0.260 e. The van der Waals surface area contributed by atoms with Crippen LogP contribution in [-0.2, 0) is 4.79 Å². The number of carbonyl (C=O) groups is 1. The molecule has 3 nitrogen and oxygen atoms in total. The van der Waals surface area contributed by atoms with Crippen LogP contribution < -0.4 is 4.74 Å². The summed E-state index contributed by atoms with van der Waals surface area (Å²) in [6.07, 6.45) is 4.67. The molecule has 1 saturated heterocycles. The molecule has 1 amide bonds. The van der Waals surface area contributed by atoms with Gasteiger partial charge in [-0.2, -0.15) is 0 Å². The molecule has 0 bridgehead atoms. The second-order valence-electron chi connectivity index (χ2n) is 5.97. The van der Waals surface area contributed by atoms with E-state index in [1.54, 1.807) is 0 Å². The van der Waals surface area contributed by atoms with Crippen molar-refractivity contribution in [1.82, 2.24) is 4.90 Å². The lowest BCUT2D eigenvalue weighted by atomic mass is 10.1. The summed E-state index contributed by atoms with van der Waals surface area (Å²) in [6.45, 7) is 1.87. The van der Waals surface area contributed by atoms with Crippen molar-refractivity contribution in [2.45, 2.75) is 25.7 Å². The largest absolute Gasteiger partial charge is 0.484 e. The molecule has 120 valence electrons. The van der Waals surface area contributed by atoms with Crippen LogP contribution in [-0.4, -0.2) is 30.5 Å². The zero-order chi connectivity index (χ0) is 15.9. The monoisotopic (exact) mass is 309 g/mol. The summed E-state index contributed by atoms with van der Waals surface area (Å²) in [5.41, 5.74) is 2.33. The van der Waals surface area contributed by atoms with E-state index in [9.17, 15) is 4.79 Å². The maximum Gasteiger partial charge on any atom is 0.260 e. The maximum absolute atomic E-state index is 12.2. The number of ether oxygens (including phenoxy) is 1. The Hall–Kier alpha value is -2.29. The van der Waals surface area contributed by atoms with Crippen molar-refractivity contribution in [1.29, 1.82) is 0 Å². The van der Waals surface area contributed by atoms with Gasteiger partial charge in [0, 0.05) is 13.1 Å². The van der Waals surface area contributed by atoms with E-state index in [0.717, 1.165) is 37.2 Å². The molecule has 0 aliphatic carbocycles. The molecule has 0 unspecified atom stereocenters. The molecular weight excluding hydrogens is 286 g/mol. The molecular formula is C20H23NO2. The Morgan fingerprint density at radius 1 is 0.826 bits per heavy atom. The van der Waals surface area contributed by atoms with Gasteiger partial charge >= 0.3 is 0 Å². The van der Waals surface area contributed by atoms with Crippen molar-refractivity contribution in [3.05, 3.63) is 54.6 Å². The van der Waals surface area contributed by atoms with E-state index < -0.39 is 0 Å². The highest BCUT2D eigenvalue weighted by atomic mass is 16.5. The lowest BCUT2D eigenvalue weighted by Gasteiger charge is -2.20. The molecule has 23 heavy (non-hydrogen) atoms. The molecule has 2 aromatic carbocycles. The van der Waals surface area contributed by atoms with E-state index in [1.807, 2.05) is 47.4 Å². The van der Waals surface area contributed by atoms with Crippen LogP contribution in [0.15, 0.2) is 54.6 Å². The fourth-order valence-corrected chi connectivity index (χ4v) is 2.93. The van der Waals surface area contributed by atoms with Crippen LogP contribution in [0.25, 0.3) is 11.1 Å². The number of hydrogen-bond acceptors (Lipinski definition) is 2. The Labute approximate surface area is 137 Å². The molecule has 0 spiro atoms. The van der Waals surface area contributed by atoms with Gasteiger partial charge < -0.3 is 9.64 Å². The molecule has 1 fully saturated rings. The van der Waals surface area contributed by atoms with Crippen LogP contribution in [0.5, 0.6) is 5.75 Å². The summed E-state index contributed by atoms with van der Waals surface area (Å²) in [5.74, 6) is 0.840. The van der Waals surface area contributed by atoms with Crippen LogP contribution in [0.3, 0.4) is 0 Å². The van der Waals surface area contributed by atoms with E-state index in [1.165, 1.54) is 18.4 Å². The molecule has 2 aromatic rings. The van der Waals surface area contributed by atoms with Gasteiger partial charge in [0.2, 0.25) is 0 Å². The number of nitrogens with zero attached hydrogens (tertiary/aromatic N) is 1. The Morgan fingerprint density at radius 3 is 2.09 bits per heavy atom. The van der Waals surface area contributed by atoms with Gasteiger partial charge in [0.05, 0.1) is 0 Å². The molecule has 0 atom stereocenters. The number of rotatable bonds is 4. The summed E-state index contributed by atoms with van der Waals surface area (Å²) in [6, 6.07) is 18.1. The van der Waals surface area contributed by atoms with Crippen LogP contribution >= 0.6 is 0 Å². The number of likely N-dealkylation sites (tertiary alicyclic amines) is 1. The van der Waals surface area contributed by atoms with Gasteiger partial charge in [-0.1, -0.05) is 55.3 Å². The first kappa shape index (κ1) is 15.6. The summed E-state index contributed by atoms with van der Waals surface area (Å²) in [4.78, 5) is 14.1. The Balaban J connectivity index is 1.55. The first-order chi connectivity index (χ1) is 11.3. The van der Waals surface area contributed by atoms with E-state index >= 15 is 0 Å². The minimum Gasteiger partial charge on any atom is -0.484 e. The quantitative estimate of drug-likeness (QED) is 0.849. The van der Waals surface area contributed by atoms with Gasteiger partial charge in [-0.25, -0.2) is 0 Å². The lowest BCUT2D eigenvalue weighted by molar-refractivity contribution is -0.133. The number of benzene rings is 2. The van der Waals surface area contributed by atoms with Crippen molar-refractivity contribution in [2.24, 2.45) is 0 Å². The zero-order valence-electron chi connectivity index (χ0n) is 13.4. The first-order valence-electron chi connectivity index (χ1n) is 8.39. The molecule has 0 saturated carbocycles. The number of amides is 1. The average molecular weight is 309 g/mol. The predicted octanol–water partition coefficient (Wildman–Crippen LogP) is 4.14. The van der Waals surface area contributed by atoms with Gasteiger partial charge in [-0.3, -0.25) is 4.79 Å². The van der Waals surface area contributed by atoms with Crippen molar-refractivity contribution >= 4 is 5.91 Å². The SMILES string of the molecule is O=C(COc1ccc(-c2ccccc2)cc1)N1CCCCCC1. The van der Waals surface area contributed by atoms with E-state index in [-0.39, 0.29) is 12.5 Å². The second-order valence-corrected chi connectivity index (χ2v) is 5.97. The fraction of sp³-hybridized carbons (Fsp3) is 0.350. The first-order valence-corrected chi connectivity index (χ1v) is 8.39. The Morgan fingerprint density at radius 2 is 1.43 bits per heavy atom. The fourth-order valence-electron chi connectivity index (χ4n) is 2.93. The Bertz CT molecular complexity index is 614. The lowest BCUT2D eigenvalue weighted by Crippen LogP contribution is -2.35. The molecule has 3 heteroatoms. The minimum atomic E-state index is 0.0963. The van der Waals surface area contributed by atoms with Gasteiger partial charge in [0.15, 0.2) is 6.61 Å². The van der Waals surface area contributed by atoms with E-state index in [4.69, 9.17) is 4.74 Å². The third-order valence-electron chi connectivity index (χ3n) is 4.28. The minimum absolute atomic E-state index is 0.0963. The van der Waals surface area contributed by atoms with E-state index in [2.05, 4.69) is 12.1 Å². The number of hydrogen-bond donors (Lipinski definition) is 0. The third kappa shape index (κ3) is 4.35. The summed E-state index contributed by atoms with van der Waals surface area (Å²) < 4.78 is 5.66. The summed E-state index contributed by atoms with van der Waals surface area (Å²) >= 11 is 0. The standard InChI is InChI=1S/C20H23NO2/c22-20(21-14-6-1-2-7-15-21)16-23-19-12-10-18(11-13-19)17-8-4-3-5-9-17/h3-5,8-13H,1-2,6-7,14-16H2. The van der Waals surface area contributed by atoms with E-state index in [0.29, 0.717) is 0 Å². The van der Waals surface area contributed by atoms with Gasteiger partial charge in [0.25, 0.3) is 5.91 Å². The maximum atomic E-state index is 12.2. The molecule has 3 rings (SSSR count). The highest BCUT2D eigenvalue weighted by Gasteiger charge is 2.15. The summed E-state index contributed by atoms with van der Waals surface area (Å²) in [7, 11) is 0. The zero-order valence-corrected chi connectivity index (χ0v) is 13.4. The predicted molar refractivity (Wildman–Crippen MR) is 92.4 cm³/mol. The Kier molecular flexibility index (Phi) is 5.30. The van der Waals surface area contributed by atoms with Gasteiger partial charge in [-0.05, 0) is 36.1 Å². The van der Waals surface area contributed by atoms with Crippen molar-refractivity contribution in [2.75, 3.05) is 19.7 Å². The van der Waals surface area contributed by atoms with Crippen LogP contribution in [0, 0.1) is 0 Å². The average Bonchev–Trinajstić information content (AvgIpc) is 2.90. The van der Waals surface area contributed by atoms with Crippen molar-refractivity contribution in [3.63, 3.8) is 0 Å². The van der Waals surface area contributed by atoms with Gasteiger partial charge in [-0.15, -0.1) is 0 Å². The van der Waals surface area contributed by atoms with Crippen LogP contribution in [0.1, 0.15) is 25.7 Å².